The van der Waals surface area contributed by atoms with E-state index in [2.05, 4.69) is 5.10 Å². The molecular formula is C17H17F3N4O4. The van der Waals surface area contributed by atoms with Gasteiger partial charge >= 0.3 is 11.9 Å². The van der Waals surface area contributed by atoms with Crippen LogP contribution in [0.3, 0.4) is 0 Å². The number of carbonyl (C=O) groups is 1. The first kappa shape index (κ1) is 18.4. The summed E-state index contributed by atoms with van der Waals surface area (Å²) in [5.41, 5.74) is -0.370. The van der Waals surface area contributed by atoms with Gasteiger partial charge in [0.15, 0.2) is 11.5 Å². The minimum absolute atomic E-state index is 0.108. The summed E-state index contributed by atoms with van der Waals surface area (Å²) in [6.07, 6.45) is -4.02. The van der Waals surface area contributed by atoms with Crippen molar-refractivity contribution in [2.75, 3.05) is 19.9 Å². The highest BCUT2D eigenvalue weighted by Crippen LogP contribution is 2.33. The van der Waals surface area contributed by atoms with E-state index >= 15 is 0 Å². The molecule has 0 bridgehead atoms. The van der Waals surface area contributed by atoms with Gasteiger partial charge in [0.05, 0.1) is 6.04 Å². The van der Waals surface area contributed by atoms with Crippen molar-refractivity contribution in [3.63, 3.8) is 0 Å². The Morgan fingerprint density at radius 2 is 1.86 bits per heavy atom. The number of alkyl halides is 3. The number of halogens is 3. The van der Waals surface area contributed by atoms with E-state index in [1.807, 2.05) is 0 Å². The summed E-state index contributed by atoms with van der Waals surface area (Å²) in [5.74, 6) is -0.358. The molecule has 1 aromatic heterocycles. The van der Waals surface area contributed by atoms with Crippen molar-refractivity contribution in [3.05, 3.63) is 40.1 Å². The number of aromatic nitrogens is 3. The molecule has 3 heterocycles. The minimum Gasteiger partial charge on any atom is -0.454 e. The highest BCUT2D eigenvalue weighted by Gasteiger charge is 2.39. The molecule has 28 heavy (non-hydrogen) atoms. The number of amides is 1. The Morgan fingerprint density at radius 1 is 1.18 bits per heavy atom. The van der Waals surface area contributed by atoms with Crippen LogP contribution in [0, 0.1) is 0 Å². The van der Waals surface area contributed by atoms with E-state index in [9.17, 15) is 22.8 Å². The third-order valence-corrected chi connectivity index (χ3v) is 4.97. The van der Waals surface area contributed by atoms with E-state index in [1.54, 1.807) is 23.1 Å². The zero-order chi connectivity index (χ0) is 20.1. The van der Waals surface area contributed by atoms with Crippen LogP contribution in [0.25, 0.3) is 0 Å². The van der Waals surface area contributed by atoms with Crippen molar-refractivity contribution < 1.29 is 27.4 Å². The van der Waals surface area contributed by atoms with Crippen LogP contribution in [-0.2, 0) is 13.2 Å². The number of piperidine rings is 1. The van der Waals surface area contributed by atoms with Gasteiger partial charge in [0.1, 0.15) is 0 Å². The van der Waals surface area contributed by atoms with E-state index in [1.165, 1.54) is 0 Å². The minimum atomic E-state index is -4.70. The molecule has 0 atom stereocenters. The third-order valence-electron chi connectivity index (χ3n) is 4.97. The molecule has 150 valence electrons. The van der Waals surface area contributed by atoms with Gasteiger partial charge in [-0.05, 0) is 31.0 Å². The lowest BCUT2D eigenvalue weighted by Crippen LogP contribution is -2.41. The molecule has 0 unspecified atom stereocenters. The maximum atomic E-state index is 13.0. The molecule has 2 aromatic rings. The summed E-state index contributed by atoms with van der Waals surface area (Å²) in [7, 11) is 1.05. The quantitative estimate of drug-likeness (QED) is 0.771. The first-order valence-corrected chi connectivity index (χ1v) is 8.67. The molecule has 8 nitrogen and oxygen atoms in total. The zero-order valence-electron chi connectivity index (χ0n) is 14.9. The van der Waals surface area contributed by atoms with Crippen molar-refractivity contribution in [3.8, 4) is 11.5 Å². The van der Waals surface area contributed by atoms with Gasteiger partial charge in [-0.2, -0.15) is 13.2 Å². The lowest BCUT2D eigenvalue weighted by Gasteiger charge is -2.31. The molecule has 1 fully saturated rings. The summed E-state index contributed by atoms with van der Waals surface area (Å²) in [4.78, 5) is 26.4. The fourth-order valence-electron chi connectivity index (χ4n) is 3.47. The maximum Gasteiger partial charge on any atom is 0.451 e. The van der Waals surface area contributed by atoms with Gasteiger partial charge in [0.25, 0.3) is 5.91 Å². The molecule has 0 radical (unpaired) electrons. The van der Waals surface area contributed by atoms with Crippen molar-refractivity contribution in [2.24, 2.45) is 7.05 Å². The number of rotatable bonds is 2. The normalized spacial score (nSPS) is 17.2. The number of hydrogen-bond donors (Lipinski definition) is 0. The molecule has 0 spiro atoms. The average Bonchev–Trinajstić information content (AvgIpc) is 3.25. The molecule has 2 aliphatic heterocycles. The summed E-state index contributed by atoms with van der Waals surface area (Å²) in [5, 5.41) is 3.48. The predicted molar refractivity (Wildman–Crippen MR) is 89.2 cm³/mol. The summed E-state index contributed by atoms with van der Waals surface area (Å²) in [6, 6.07) is 4.42. The Hall–Kier alpha value is -2.98. The molecule has 1 aromatic carbocycles. The average molecular weight is 398 g/mol. The van der Waals surface area contributed by atoms with Gasteiger partial charge in [-0.15, -0.1) is 5.10 Å². The number of benzene rings is 1. The number of fused-ring (bicyclic) bond motifs is 1. The number of carbonyl (C=O) groups excluding carboxylic acids is 1. The van der Waals surface area contributed by atoms with Gasteiger partial charge in [-0.1, -0.05) is 0 Å². The molecule has 2 aliphatic rings. The third kappa shape index (κ3) is 3.10. The maximum absolute atomic E-state index is 13.0. The molecule has 11 heteroatoms. The lowest BCUT2D eigenvalue weighted by molar-refractivity contribution is -0.147. The fourth-order valence-corrected chi connectivity index (χ4v) is 3.47. The number of ether oxygens (including phenoxy) is 2. The second-order valence-electron chi connectivity index (χ2n) is 6.70. The van der Waals surface area contributed by atoms with Crippen LogP contribution in [-0.4, -0.2) is 45.0 Å². The monoisotopic (exact) mass is 398 g/mol. The van der Waals surface area contributed by atoms with Crippen molar-refractivity contribution in [2.45, 2.75) is 25.1 Å². The molecule has 0 aliphatic carbocycles. The van der Waals surface area contributed by atoms with E-state index in [-0.39, 0.29) is 12.7 Å². The standard InChI is InChI=1S/C17H17F3N4O4/c1-22-15(17(18,19)20)21-24(16(22)26)11-4-6-23(7-5-11)14(25)10-2-3-12-13(8-10)28-9-27-12/h2-3,8,11H,4-7,9H2,1H3. The van der Waals surface area contributed by atoms with Gasteiger partial charge < -0.3 is 14.4 Å². The van der Waals surface area contributed by atoms with Crippen LogP contribution in [0.5, 0.6) is 11.5 Å². The van der Waals surface area contributed by atoms with Crippen molar-refractivity contribution in [1.82, 2.24) is 19.2 Å². The van der Waals surface area contributed by atoms with Gasteiger partial charge in [-0.3, -0.25) is 9.36 Å². The Labute approximate surface area is 157 Å². The van der Waals surface area contributed by atoms with E-state index < -0.39 is 23.7 Å². The molecule has 4 rings (SSSR count). The van der Waals surface area contributed by atoms with Crippen molar-refractivity contribution >= 4 is 5.91 Å². The molecule has 1 amide bonds. The first-order chi connectivity index (χ1) is 13.3. The van der Waals surface area contributed by atoms with Crippen molar-refractivity contribution in [1.29, 1.82) is 0 Å². The van der Waals surface area contributed by atoms with Crippen LogP contribution < -0.4 is 15.2 Å². The summed E-state index contributed by atoms with van der Waals surface area (Å²) in [6.45, 7) is 0.724. The Bertz CT molecular complexity index is 974. The highest BCUT2D eigenvalue weighted by atomic mass is 19.4. The summed E-state index contributed by atoms with van der Waals surface area (Å²) >= 11 is 0. The van der Waals surface area contributed by atoms with E-state index in [0.29, 0.717) is 47.6 Å². The fraction of sp³-hybridized carbons (Fsp3) is 0.471. The number of nitrogens with zero attached hydrogens (tertiary/aromatic N) is 4. The Kier molecular flexibility index (Phi) is 4.31. The van der Waals surface area contributed by atoms with E-state index in [0.717, 1.165) is 11.7 Å². The van der Waals surface area contributed by atoms with Gasteiger partial charge in [-0.25, -0.2) is 9.48 Å². The molecule has 1 saturated heterocycles. The highest BCUT2D eigenvalue weighted by molar-refractivity contribution is 5.95. The Balaban J connectivity index is 1.47. The van der Waals surface area contributed by atoms with Crippen LogP contribution >= 0.6 is 0 Å². The van der Waals surface area contributed by atoms with Crippen LogP contribution in [0.15, 0.2) is 23.0 Å². The molecular weight excluding hydrogens is 381 g/mol. The first-order valence-electron chi connectivity index (χ1n) is 8.67. The van der Waals surface area contributed by atoms with Crippen LogP contribution in [0.4, 0.5) is 13.2 Å². The second-order valence-corrected chi connectivity index (χ2v) is 6.70. The summed E-state index contributed by atoms with van der Waals surface area (Å²) < 4.78 is 50.7. The van der Waals surface area contributed by atoms with Crippen LogP contribution in [0.2, 0.25) is 0 Å². The smallest absolute Gasteiger partial charge is 0.451 e. The number of likely N-dealkylation sites (tertiary alicyclic amines) is 1. The van der Waals surface area contributed by atoms with Gasteiger partial charge in [0, 0.05) is 25.7 Å². The number of hydrogen-bond acceptors (Lipinski definition) is 5. The van der Waals surface area contributed by atoms with Crippen LogP contribution in [0.1, 0.15) is 35.1 Å². The Morgan fingerprint density at radius 3 is 2.50 bits per heavy atom. The lowest BCUT2D eigenvalue weighted by atomic mass is 10.0. The second kappa shape index (κ2) is 6.57. The topological polar surface area (TPSA) is 78.6 Å². The largest absolute Gasteiger partial charge is 0.454 e. The molecule has 0 N–H and O–H groups in total. The molecule has 0 saturated carbocycles. The predicted octanol–water partition coefficient (Wildman–Crippen LogP) is 1.81. The zero-order valence-corrected chi connectivity index (χ0v) is 14.9. The van der Waals surface area contributed by atoms with E-state index in [4.69, 9.17) is 9.47 Å². The van der Waals surface area contributed by atoms with Gasteiger partial charge in [0.2, 0.25) is 12.6 Å². The SMILES string of the molecule is Cn1c(C(F)(F)F)nn(C2CCN(C(=O)c3ccc4c(c3)OCO4)CC2)c1=O.